The van der Waals surface area contributed by atoms with Crippen molar-refractivity contribution in [3.63, 3.8) is 0 Å². The lowest BCUT2D eigenvalue weighted by Gasteiger charge is -2.27. The zero-order valence-electron chi connectivity index (χ0n) is 19.3. The van der Waals surface area contributed by atoms with Crippen molar-refractivity contribution in [2.45, 2.75) is 86.2 Å². The molecule has 0 aromatic rings. The molecule has 4 nitrogen and oxygen atoms in total. The zero-order chi connectivity index (χ0) is 22.2. The van der Waals surface area contributed by atoms with Gasteiger partial charge in [0.15, 0.2) is 0 Å². The van der Waals surface area contributed by atoms with Gasteiger partial charge in [-0.05, 0) is 32.4 Å². The van der Waals surface area contributed by atoms with E-state index in [0.29, 0.717) is 18.6 Å². The van der Waals surface area contributed by atoms with Crippen LogP contribution < -0.4 is 0 Å². The summed E-state index contributed by atoms with van der Waals surface area (Å²) in [6.07, 6.45) is 9.40. The molecule has 0 bridgehead atoms. The standard InChI is InChI=1S/C12H16O3.C11H16O.C2H6.H2/c1-4-5-11-7-6-9(2)12(15-11)8-14-10(3)13;1-4-6-10-8-7-9(3)11(5-2)12-10;1-2;/h6-7,9,11-12H,8H2,1-3H3;7-11H,5H2,1-3H3;1-2H3;1H/t9?,11-,12-;9-,10+,11+;;/m10../s1. The van der Waals surface area contributed by atoms with Crippen molar-refractivity contribution in [3.05, 3.63) is 24.3 Å². The molecule has 29 heavy (non-hydrogen) atoms. The quantitative estimate of drug-likeness (QED) is 0.369. The Bertz CT molecular complexity index is 648. The molecule has 164 valence electrons. The SMILES string of the molecule is CC.CC#C[C@@H]1C=CC(C)[C@@H](COC(C)=O)O1.CC#C[C@@H]1C=C[C@H](C)[C@@H](CC)O1.[HH]. The summed E-state index contributed by atoms with van der Waals surface area (Å²) in [6.45, 7) is 15.7. The van der Waals surface area contributed by atoms with Crippen LogP contribution in [-0.2, 0) is 19.0 Å². The minimum atomic E-state index is -0.279. The highest BCUT2D eigenvalue weighted by Crippen LogP contribution is 2.20. The first-order chi connectivity index (χ1) is 13.9. The van der Waals surface area contributed by atoms with Crippen LogP contribution in [0.15, 0.2) is 24.3 Å². The number of hydrogen-bond donors (Lipinski definition) is 0. The maximum Gasteiger partial charge on any atom is 0.302 e. The Kier molecular flexibility index (Phi) is 14.8. The molecule has 2 aliphatic rings. The van der Waals surface area contributed by atoms with Gasteiger partial charge in [0.05, 0.1) is 12.2 Å². The van der Waals surface area contributed by atoms with Crippen LogP contribution in [0.1, 0.15) is 63.2 Å². The maximum absolute atomic E-state index is 10.7. The average molecular weight is 405 g/mol. The smallest absolute Gasteiger partial charge is 0.302 e. The van der Waals surface area contributed by atoms with E-state index in [1.807, 2.05) is 45.9 Å². The van der Waals surface area contributed by atoms with Crippen LogP contribution in [-0.4, -0.2) is 37.0 Å². The summed E-state index contributed by atoms with van der Waals surface area (Å²) in [5.41, 5.74) is 0. The molecule has 0 amide bonds. The number of esters is 1. The fraction of sp³-hybridized carbons (Fsp3) is 0.640. The topological polar surface area (TPSA) is 44.8 Å². The highest BCUT2D eigenvalue weighted by Gasteiger charge is 2.24. The van der Waals surface area contributed by atoms with Crippen LogP contribution in [0.2, 0.25) is 0 Å². The molecule has 0 aromatic heterocycles. The molecule has 1 unspecified atom stereocenters. The molecule has 0 saturated heterocycles. The minimum Gasteiger partial charge on any atom is -0.463 e. The van der Waals surface area contributed by atoms with Crippen LogP contribution >= 0.6 is 0 Å². The molecule has 2 heterocycles. The molecule has 0 saturated carbocycles. The zero-order valence-corrected chi connectivity index (χ0v) is 19.3. The van der Waals surface area contributed by atoms with Crippen molar-refractivity contribution in [1.82, 2.24) is 0 Å². The van der Waals surface area contributed by atoms with Gasteiger partial charge in [0.1, 0.15) is 18.8 Å². The first-order valence-corrected chi connectivity index (χ1v) is 10.6. The predicted octanol–water partition coefficient (Wildman–Crippen LogP) is 5.18. The van der Waals surface area contributed by atoms with Crippen molar-refractivity contribution < 1.29 is 20.4 Å². The minimum absolute atomic E-state index is 0. The van der Waals surface area contributed by atoms with Gasteiger partial charge in [-0.3, -0.25) is 4.79 Å². The third-order valence-electron chi connectivity index (χ3n) is 4.42. The molecule has 4 heteroatoms. The molecule has 0 aliphatic carbocycles. The second kappa shape index (κ2) is 15.9. The molecule has 0 aromatic carbocycles. The molecule has 0 radical (unpaired) electrons. The maximum atomic E-state index is 10.7. The predicted molar refractivity (Wildman–Crippen MR) is 121 cm³/mol. The molecular weight excluding hydrogens is 364 g/mol. The Labute approximate surface area is 179 Å². The average Bonchev–Trinajstić information content (AvgIpc) is 2.72. The van der Waals surface area contributed by atoms with Crippen molar-refractivity contribution in [1.29, 1.82) is 0 Å². The number of carbonyl (C=O) groups is 1. The normalized spacial score (nSPS) is 29.4. The van der Waals surface area contributed by atoms with E-state index in [1.54, 1.807) is 6.92 Å². The monoisotopic (exact) mass is 404 g/mol. The Morgan fingerprint density at radius 3 is 1.79 bits per heavy atom. The van der Waals surface area contributed by atoms with Gasteiger partial charge in [0.2, 0.25) is 0 Å². The number of ether oxygens (including phenoxy) is 3. The van der Waals surface area contributed by atoms with Gasteiger partial charge in [-0.2, -0.15) is 0 Å². The van der Waals surface area contributed by atoms with Crippen LogP contribution in [0.4, 0.5) is 0 Å². The number of rotatable bonds is 3. The van der Waals surface area contributed by atoms with Crippen LogP contribution in [0, 0.1) is 35.5 Å². The Balaban J connectivity index is 0. The summed E-state index contributed by atoms with van der Waals surface area (Å²) in [5.74, 6) is 12.1. The molecule has 6 atom stereocenters. The number of hydrogen-bond acceptors (Lipinski definition) is 4. The van der Waals surface area contributed by atoms with Crippen LogP contribution in [0.25, 0.3) is 0 Å². The fourth-order valence-electron chi connectivity index (χ4n) is 2.82. The number of carbonyl (C=O) groups excluding carboxylic acids is 1. The highest BCUT2D eigenvalue weighted by molar-refractivity contribution is 5.65. The van der Waals surface area contributed by atoms with E-state index in [1.165, 1.54) is 6.92 Å². The Morgan fingerprint density at radius 1 is 0.931 bits per heavy atom. The Hall–Kier alpha value is -2.01. The van der Waals surface area contributed by atoms with Crippen molar-refractivity contribution in [3.8, 4) is 23.7 Å². The van der Waals surface area contributed by atoms with Gasteiger partial charge < -0.3 is 14.2 Å². The lowest BCUT2D eigenvalue weighted by Crippen LogP contribution is -2.33. The highest BCUT2D eigenvalue weighted by atomic mass is 16.6. The molecule has 0 N–H and O–H groups in total. The second-order valence-electron chi connectivity index (χ2n) is 6.68. The summed E-state index contributed by atoms with van der Waals surface area (Å²) in [7, 11) is 0. The van der Waals surface area contributed by atoms with E-state index in [4.69, 9.17) is 14.2 Å². The Morgan fingerprint density at radius 2 is 1.38 bits per heavy atom. The lowest BCUT2D eigenvalue weighted by molar-refractivity contribution is -0.147. The van der Waals surface area contributed by atoms with Crippen LogP contribution in [0.3, 0.4) is 0 Å². The molecular formula is C25H40O4. The summed E-state index contributed by atoms with van der Waals surface area (Å²) in [4.78, 5) is 10.7. The molecule has 0 fully saturated rings. The van der Waals surface area contributed by atoms with Gasteiger partial charge in [0, 0.05) is 20.2 Å². The summed E-state index contributed by atoms with van der Waals surface area (Å²) >= 11 is 0. The van der Waals surface area contributed by atoms with E-state index >= 15 is 0 Å². The van der Waals surface area contributed by atoms with Gasteiger partial charge in [-0.1, -0.05) is 58.6 Å². The van der Waals surface area contributed by atoms with Gasteiger partial charge >= 0.3 is 5.97 Å². The van der Waals surface area contributed by atoms with Crippen molar-refractivity contribution in [2.75, 3.05) is 6.61 Å². The van der Waals surface area contributed by atoms with Gasteiger partial charge in [-0.15, -0.1) is 11.8 Å². The third-order valence-corrected chi connectivity index (χ3v) is 4.42. The summed E-state index contributed by atoms with van der Waals surface area (Å²) < 4.78 is 16.3. The molecule has 2 aliphatic heterocycles. The fourth-order valence-corrected chi connectivity index (χ4v) is 2.82. The van der Waals surface area contributed by atoms with Crippen molar-refractivity contribution in [2.24, 2.45) is 11.8 Å². The van der Waals surface area contributed by atoms with Crippen molar-refractivity contribution >= 4 is 5.97 Å². The van der Waals surface area contributed by atoms with E-state index in [-0.39, 0.29) is 31.6 Å². The van der Waals surface area contributed by atoms with Gasteiger partial charge in [-0.25, -0.2) is 0 Å². The third kappa shape index (κ3) is 10.9. The van der Waals surface area contributed by atoms with Crippen LogP contribution in [0.5, 0.6) is 0 Å². The first kappa shape index (κ1) is 27.0. The lowest BCUT2D eigenvalue weighted by atomic mass is 9.98. The first-order valence-electron chi connectivity index (χ1n) is 10.6. The van der Waals surface area contributed by atoms with E-state index in [0.717, 1.165) is 6.42 Å². The van der Waals surface area contributed by atoms with Gasteiger partial charge in [0.25, 0.3) is 0 Å². The summed E-state index contributed by atoms with van der Waals surface area (Å²) in [6, 6.07) is 0. The molecule has 0 spiro atoms. The molecule has 2 rings (SSSR count). The summed E-state index contributed by atoms with van der Waals surface area (Å²) in [5, 5.41) is 0. The largest absolute Gasteiger partial charge is 0.463 e. The van der Waals surface area contributed by atoms with E-state index in [2.05, 4.69) is 43.6 Å². The second-order valence-corrected chi connectivity index (χ2v) is 6.68. The van der Waals surface area contributed by atoms with E-state index < -0.39 is 0 Å². The van der Waals surface area contributed by atoms with E-state index in [9.17, 15) is 4.79 Å².